The zero-order valence-corrected chi connectivity index (χ0v) is 14.7. The maximum absolute atomic E-state index is 13.5. The van der Waals surface area contributed by atoms with Gasteiger partial charge in [-0.2, -0.15) is 0 Å². The van der Waals surface area contributed by atoms with Gasteiger partial charge < -0.3 is 14.8 Å². The van der Waals surface area contributed by atoms with Crippen LogP contribution in [0, 0.1) is 11.6 Å². The van der Waals surface area contributed by atoms with Crippen LogP contribution in [0.5, 0.6) is 11.5 Å². The van der Waals surface area contributed by atoms with Crippen LogP contribution in [0.25, 0.3) is 6.08 Å². The lowest BCUT2D eigenvalue weighted by Crippen LogP contribution is -2.09. The highest BCUT2D eigenvalue weighted by atomic mass is 19.1. The molecular weight excluding hydrogens is 340 g/mol. The first-order chi connectivity index (χ1) is 12.5. The fraction of sp³-hybridized carbons (Fsp3) is 0.250. The summed E-state index contributed by atoms with van der Waals surface area (Å²) in [5.41, 5.74) is 0.637. The van der Waals surface area contributed by atoms with E-state index in [1.54, 1.807) is 31.4 Å². The van der Waals surface area contributed by atoms with Gasteiger partial charge in [0.1, 0.15) is 11.6 Å². The molecule has 2 aromatic carbocycles. The van der Waals surface area contributed by atoms with Crippen LogP contribution in [0.2, 0.25) is 0 Å². The van der Waals surface area contributed by atoms with Crippen molar-refractivity contribution in [1.29, 1.82) is 0 Å². The molecule has 0 bridgehead atoms. The fourth-order valence-corrected chi connectivity index (χ4v) is 2.17. The Kier molecular flexibility index (Phi) is 7.14. The van der Waals surface area contributed by atoms with Crippen molar-refractivity contribution in [1.82, 2.24) is 0 Å². The van der Waals surface area contributed by atoms with Crippen LogP contribution in [-0.2, 0) is 4.79 Å². The van der Waals surface area contributed by atoms with Gasteiger partial charge in [-0.25, -0.2) is 8.78 Å². The first-order valence-corrected chi connectivity index (χ1v) is 8.28. The summed E-state index contributed by atoms with van der Waals surface area (Å²) in [4.78, 5) is 11.9. The summed E-state index contributed by atoms with van der Waals surface area (Å²) >= 11 is 0. The molecule has 0 heterocycles. The van der Waals surface area contributed by atoms with E-state index < -0.39 is 17.5 Å². The molecule has 0 aliphatic rings. The molecule has 138 valence electrons. The number of ether oxygens (including phenoxy) is 2. The van der Waals surface area contributed by atoms with E-state index in [-0.39, 0.29) is 5.69 Å². The van der Waals surface area contributed by atoms with Crippen molar-refractivity contribution in [2.75, 3.05) is 19.0 Å². The number of hydrogen-bond acceptors (Lipinski definition) is 3. The van der Waals surface area contributed by atoms with E-state index in [1.165, 1.54) is 12.1 Å². The Morgan fingerprint density at radius 1 is 1.15 bits per heavy atom. The first-order valence-electron chi connectivity index (χ1n) is 8.28. The number of anilines is 1. The molecule has 2 rings (SSSR count). The van der Waals surface area contributed by atoms with Gasteiger partial charge in [0.2, 0.25) is 5.91 Å². The predicted octanol–water partition coefficient (Wildman–Crippen LogP) is 4.80. The van der Waals surface area contributed by atoms with E-state index in [0.717, 1.165) is 24.5 Å². The van der Waals surface area contributed by atoms with Gasteiger partial charge in [0, 0.05) is 12.1 Å². The number of unbranched alkanes of at least 4 members (excludes halogenated alkanes) is 1. The lowest BCUT2D eigenvalue weighted by atomic mass is 10.2. The second-order valence-electron chi connectivity index (χ2n) is 5.56. The molecule has 6 heteroatoms. The average molecular weight is 361 g/mol. The molecule has 0 saturated carbocycles. The van der Waals surface area contributed by atoms with Crippen molar-refractivity contribution in [3.05, 3.63) is 59.7 Å². The number of carbonyl (C=O) groups excluding carboxylic acids is 1. The van der Waals surface area contributed by atoms with Gasteiger partial charge in [0.25, 0.3) is 0 Å². The summed E-state index contributed by atoms with van der Waals surface area (Å²) in [6.07, 6.45) is 4.81. The molecule has 0 spiro atoms. The summed E-state index contributed by atoms with van der Waals surface area (Å²) in [6.45, 7) is 2.69. The third-order valence-corrected chi connectivity index (χ3v) is 3.56. The maximum Gasteiger partial charge on any atom is 0.248 e. The van der Waals surface area contributed by atoms with Crippen molar-refractivity contribution in [3.8, 4) is 11.5 Å². The fourth-order valence-electron chi connectivity index (χ4n) is 2.17. The lowest BCUT2D eigenvalue weighted by Gasteiger charge is -2.11. The van der Waals surface area contributed by atoms with Gasteiger partial charge in [0.15, 0.2) is 11.5 Å². The predicted molar refractivity (Wildman–Crippen MR) is 97.4 cm³/mol. The third-order valence-electron chi connectivity index (χ3n) is 3.56. The largest absolute Gasteiger partial charge is 0.493 e. The third kappa shape index (κ3) is 5.58. The highest BCUT2D eigenvalue weighted by Gasteiger charge is 2.07. The zero-order valence-electron chi connectivity index (χ0n) is 14.7. The Morgan fingerprint density at radius 2 is 1.96 bits per heavy atom. The zero-order chi connectivity index (χ0) is 18.9. The molecule has 2 aromatic rings. The molecule has 0 radical (unpaired) electrons. The van der Waals surface area contributed by atoms with Gasteiger partial charge >= 0.3 is 0 Å². The summed E-state index contributed by atoms with van der Waals surface area (Å²) in [6, 6.07) is 8.25. The minimum Gasteiger partial charge on any atom is -0.493 e. The van der Waals surface area contributed by atoms with Gasteiger partial charge in [-0.15, -0.1) is 0 Å². The van der Waals surface area contributed by atoms with E-state index >= 15 is 0 Å². The Bertz CT molecular complexity index is 791. The van der Waals surface area contributed by atoms with Gasteiger partial charge in [0.05, 0.1) is 19.4 Å². The van der Waals surface area contributed by atoms with Crippen molar-refractivity contribution in [2.24, 2.45) is 0 Å². The van der Waals surface area contributed by atoms with Crippen molar-refractivity contribution in [3.63, 3.8) is 0 Å². The van der Waals surface area contributed by atoms with Crippen LogP contribution in [0.4, 0.5) is 14.5 Å². The SMILES string of the molecule is CCCCOc1ccc(/C=C/C(=O)Nc2ccc(F)cc2F)cc1OC. The summed E-state index contributed by atoms with van der Waals surface area (Å²) in [5, 5.41) is 2.36. The smallest absolute Gasteiger partial charge is 0.248 e. The lowest BCUT2D eigenvalue weighted by molar-refractivity contribution is -0.111. The molecule has 0 saturated heterocycles. The highest BCUT2D eigenvalue weighted by Crippen LogP contribution is 2.28. The molecule has 0 aliphatic carbocycles. The molecule has 0 unspecified atom stereocenters. The topological polar surface area (TPSA) is 47.6 Å². The first kappa shape index (κ1) is 19.4. The number of methoxy groups -OCH3 is 1. The van der Waals surface area contributed by atoms with E-state index in [1.807, 2.05) is 0 Å². The van der Waals surface area contributed by atoms with E-state index in [0.29, 0.717) is 24.2 Å². The van der Waals surface area contributed by atoms with Crippen LogP contribution in [0.15, 0.2) is 42.5 Å². The van der Waals surface area contributed by atoms with Crippen molar-refractivity contribution >= 4 is 17.7 Å². The van der Waals surface area contributed by atoms with Crippen molar-refractivity contribution in [2.45, 2.75) is 19.8 Å². The molecule has 0 fully saturated rings. The number of hydrogen-bond donors (Lipinski definition) is 1. The average Bonchev–Trinajstić information content (AvgIpc) is 2.63. The number of amides is 1. The normalized spacial score (nSPS) is 10.8. The maximum atomic E-state index is 13.5. The molecule has 1 N–H and O–H groups in total. The van der Waals surface area contributed by atoms with Gasteiger partial charge in [-0.3, -0.25) is 4.79 Å². The second-order valence-corrected chi connectivity index (χ2v) is 5.56. The molecule has 1 amide bonds. The minimum absolute atomic E-state index is 0.0849. The minimum atomic E-state index is -0.831. The van der Waals surface area contributed by atoms with Crippen LogP contribution < -0.4 is 14.8 Å². The molecule has 0 aromatic heterocycles. The number of rotatable bonds is 8. The number of halogens is 2. The number of carbonyl (C=O) groups is 1. The van der Waals surface area contributed by atoms with E-state index in [4.69, 9.17) is 9.47 Å². The van der Waals surface area contributed by atoms with Crippen LogP contribution in [0.3, 0.4) is 0 Å². The molecule has 26 heavy (non-hydrogen) atoms. The Morgan fingerprint density at radius 3 is 2.65 bits per heavy atom. The Hall–Kier alpha value is -2.89. The van der Waals surface area contributed by atoms with Crippen LogP contribution in [0.1, 0.15) is 25.3 Å². The van der Waals surface area contributed by atoms with E-state index in [2.05, 4.69) is 12.2 Å². The quantitative estimate of drug-likeness (QED) is 0.542. The van der Waals surface area contributed by atoms with Crippen LogP contribution in [-0.4, -0.2) is 19.6 Å². The molecule has 4 nitrogen and oxygen atoms in total. The molecule has 0 atom stereocenters. The molecular formula is C20H21F2NO3. The monoisotopic (exact) mass is 361 g/mol. The summed E-state index contributed by atoms with van der Waals surface area (Å²) in [5.74, 6) is -0.867. The number of nitrogens with one attached hydrogen (secondary N) is 1. The molecule has 0 aliphatic heterocycles. The summed E-state index contributed by atoms with van der Waals surface area (Å²) < 4.78 is 37.4. The Balaban J connectivity index is 2.03. The second kappa shape index (κ2) is 9.56. The Labute approximate surface area is 151 Å². The highest BCUT2D eigenvalue weighted by molar-refractivity contribution is 6.02. The summed E-state index contributed by atoms with van der Waals surface area (Å²) in [7, 11) is 1.54. The van der Waals surface area contributed by atoms with Gasteiger partial charge in [-0.1, -0.05) is 19.4 Å². The number of benzene rings is 2. The van der Waals surface area contributed by atoms with Crippen LogP contribution >= 0.6 is 0 Å². The van der Waals surface area contributed by atoms with E-state index in [9.17, 15) is 13.6 Å². The van der Waals surface area contributed by atoms with Crippen molar-refractivity contribution < 1.29 is 23.0 Å². The van der Waals surface area contributed by atoms with Gasteiger partial charge in [-0.05, 0) is 42.3 Å². The standard InChI is InChI=1S/C20H21F2NO3/c1-3-4-11-26-18-9-5-14(12-19(18)25-2)6-10-20(24)23-17-8-7-15(21)13-16(17)22/h5-10,12-13H,3-4,11H2,1-2H3,(H,23,24)/b10-6+.